The summed E-state index contributed by atoms with van der Waals surface area (Å²) in [4.78, 5) is 17.5. The van der Waals surface area contributed by atoms with Gasteiger partial charge in [-0.2, -0.15) is 0 Å². The van der Waals surface area contributed by atoms with Gasteiger partial charge in [0.05, 0.1) is 35.0 Å². The molecule has 0 fully saturated rings. The van der Waals surface area contributed by atoms with Crippen LogP contribution in [0.3, 0.4) is 0 Å². The van der Waals surface area contributed by atoms with Crippen molar-refractivity contribution >= 4 is 38.1 Å². The molecule has 0 aliphatic heterocycles. The fraction of sp³-hybridized carbons (Fsp3) is 0.280. The van der Waals surface area contributed by atoms with Crippen molar-refractivity contribution in [3.05, 3.63) is 50.1 Å². The minimum absolute atomic E-state index is 0.0981. The predicted octanol–water partition coefficient (Wildman–Crippen LogP) is 2.21. The van der Waals surface area contributed by atoms with Gasteiger partial charge >= 0.3 is 0 Å². The van der Waals surface area contributed by atoms with E-state index in [0.29, 0.717) is 45.7 Å². The first kappa shape index (κ1) is 20.3. The molecule has 7 nitrogen and oxygen atoms in total. The normalized spacial score (nSPS) is 15.5. The van der Waals surface area contributed by atoms with E-state index in [0.717, 1.165) is 22.6 Å². The van der Waals surface area contributed by atoms with Crippen molar-refractivity contribution in [3.8, 4) is 17.2 Å². The van der Waals surface area contributed by atoms with Gasteiger partial charge in [0.25, 0.3) is 0 Å². The highest BCUT2D eigenvalue weighted by molar-refractivity contribution is 6.29. The van der Waals surface area contributed by atoms with Gasteiger partial charge in [-0.15, -0.1) is 0 Å². The van der Waals surface area contributed by atoms with E-state index in [2.05, 4.69) is 4.99 Å². The molecule has 5 N–H and O–H groups in total. The average molecular weight is 432 g/mol. The van der Waals surface area contributed by atoms with Crippen molar-refractivity contribution in [1.29, 1.82) is 0 Å². The Morgan fingerprint density at radius 1 is 1.00 bits per heavy atom. The average Bonchev–Trinajstić information content (AvgIpc) is 2.74. The molecule has 0 saturated carbocycles. The Morgan fingerprint density at radius 3 is 2.38 bits per heavy atom. The van der Waals surface area contributed by atoms with Crippen LogP contribution in [0.4, 0.5) is 0 Å². The number of methoxy groups -OCH3 is 1. The second kappa shape index (κ2) is 6.46. The van der Waals surface area contributed by atoms with Crippen LogP contribution in [-0.4, -0.2) is 35.5 Å². The maximum atomic E-state index is 12.9. The van der Waals surface area contributed by atoms with Crippen LogP contribution in [0.2, 0.25) is 0 Å². The van der Waals surface area contributed by atoms with Crippen molar-refractivity contribution in [2.45, 2.75) is 26.2 Å². The molecule has 164 valence electrons. The van der Waals surface area contributed by atoms with Crippen molar-refractivity contribution in [3.63, 3.8) is 0 Å². The third-order valence-corrected chi connectivity index (χ3v) is 6.67. The van der Waals surface area contributed by atoms with Gasteiger partial charge in [0.1, 0.15) is 23.0 Å². The molecule has 1 aliphatic carbocycles. The molecular formula is C25H24N2O5. The number of hydrogen-bond acceptors (Lipinski definition) is 7. The number of aryl methyl sites for hydroxylation is 1. The van der Waals surface area contributed by atoms with Crippen LogP contribution in [0.5, 0.6) is 17.2 Å². The lowest BCUT2D eigenvalue weighted by Crippen LogP contribution is -2.37. The summed E-state index contributed by atoms with van der Waals surface area (Å²) in [7, 11) is 1.57. The Bertz CT molecular complexity index is 1650. The Labute approximate surface area is 183 Å². The van der Waals surface area contributed by atoms with E-state index in [9.17, 15) is 20.1 Å². The lowest BCUT2D eigenvalue weighted by atomic mass is 9.72. The SMILES string of the molecule is COc1cc2c3c4c(c(=O)cc(O)c4c(O)c4c(=NCCN)cc(C)c1c43)=C(O)C2(C)C. The maximum absolute atomic E-state index is 12.9. The summed E-state index contributed by atoms with van der Waals surface area (Å²) in [6, 6.07) is 4.77. The van der Waals surface area contributed by atoms with Gasteiger partial charge in [-0.3, -0.25) is 9.79 Å². The second-order valence-corrected chi connectivity index (χ2v) is 8.85. The monoisotopic (exact) mass is 432 g/mol. The molecule has 4 aromatic rings. The lowest BCUT2D eigenvalue weighted by molar-refractivity contribution is 0.407. The summed E-state index contributed by atoms with van der Waals surface area (Å²) >= 11 is 0. The van der Waals surface area contributed by atoms with Crippen LogP contribution in [0.15, 0.2) is 28.0 Å². The Kier molecular flexibility index (Phi) is 4.11. The van der Waals surface area contributed by atoms with Crippen molar-refractivity contribution in [2.24, 2.45) is 10.7 Å². The first-order valence-electron chi connectivity index (χ1n) is 10.4. The smallest absolute Gasteiger partial charge is 0.193 e. The van der Waals surface area contributed by atoms with E-state index in [1.54, 1.807) is 7.11 Å². The highest BCUT2D eigenvalue weighted by Gasteiger charge is 2.37. The number of phenols is 2. The molecule has 0 radical (unpaired) electrons. The van der Waals surface area contributed by atoms with Crippen LogP contribution in [0, 0.1) is 6.92 Å². The van der Waals surface area contributed by atoms with Crippen molar-refractivity contribution < 1.29 is 20.1 Å². The largest absolute Gasteiger partial charge is 0.511 e. The molecule has 0 saturated heterocycles. The molecule has 0 amide bonds. The van der Waals surface area contributed by atoms with E-state index in [1.807, 2.05) is 32.9 Å². The Morgan fingerprint density at radius 2 is 1.72 bits per heavy atom. The van der Waals surface area contributed by atoms with Crippen LogP contribution in [-0.2, 0) is 5.41 Å². The number of phenolic OH excluding ortho intramolecular Hbond substituents is 2. The van der Waals surface area contributed by atoms with Gasteiger partial charge in [0.15, 0.2) is 5.43 Å². The minimum Gasteiger partial charge on any atom is -0.511 e. The van der Waals surface area contributed by atoms with E-state index >= 15 is 0 Å². The van der Waals surface area contributed by atoms with E-state index in [1.165, 1.54) is 0 Å². The summed E-state index contributed by atoms with van der Waals surface area (Å²) in [6.45, 7) is 6.31. The topological polar surface area (TPSA) is 125 Å². The van der Waals surface area contributed by atoms with Gasteiger partial charge < -0.3 is 25.8 Å². The number of aliphatic hydroxyl groups excluding tert-OH is 1. The molecule has 0 heterocycles. The zero-order valence-corrected chi connectivity index (χ0v) is 18.3. The number of aliphatic hydroxyl groups is 1. The highest BCUT2D eigenvalue weighted by Crippen LogP contribution is 2.50. The van der Waals surface area contributed by atoms with Crippen LogP contribution < -0.4 is 26.5 Å². The van der Waals surface area contributed by atoms with E-state index in [4.69, 9.17) is 10.5 Å². The molecule has 0 unspecified atom stereocenters. The lowest BCUT2D eigenvalue weighted by Gasteiger charge is -2.32. The first-order valence-corrected chi connectivity index (χ1v) is 10.4. The fourth-order valence-corrected chi connectivity index (χ4v) is 5.17. The van der Waals surface area contributed by atoms with Gasteiger partial charge in [0, 0.05) is 34.2 Å². The zero-order valence-electron chi connectivity index (χ0n) is 18.3. The summed E-state index contributed by atoms with van der Waals surface area (Å²) in [5, 5.41) is 37.0. The maximum Gasteiger partial charge on any atom is 0.193 e. The van der Waals surface area contributed by atoms with Crippen LogP contribution in [0.25, 0.3) is 38.1 Å². The second-order valence-electron chi connectivity index (χ2n) is 8.85. The summed E-state index contributed by atoms with van der Waals surface area (Å²) in [5.74, 6) is -0.0565. The molecule has 0 spiro atoms. The van der Waals surface area contributed by atoms with E-state index < -0.39 is 10.8 Å². The number of aromatic hydroxyl groups is 2. The number of nitrogens with zero attached hydrogens (tertiary/aromatic N) is 1. The van der Waals surface area contributed by atoms with Crippen LogP contribution in [0.1, 0.15) is 25.0 Å². The summed E-state index contributed by atoms with van der Waals surface area (Å²) in [5.41, 5.74) is 5.89. The summed E-state index contributed by atoms with van der Waals surface area (Å²) in [6.07, 6.45) is 0. The van der Waals surface area contributed by atoms with Crippen molar-refractivity contribution in [2.75, 3.05) is 20.2 Å². The number of rotatable bonds is 3. The van der Waals surface area contributed by atoms with Gasteiger partial charge in [-0.1, -0.05) is 0 Å². The molecule has 7 heteroatoms. The fourth-order valence-electron chi connectivity index (χ4n) is 5.17. The van der Waals surface area contributed by atoms with Gasteiger partial charge in [-0.25, -0.2) is 0 Å². The molecule has 0 atom stereocenters. The quantitative estimate of drug-likeness (QED) is 0.291. The van der Waals surface area contributed by atoms with Gasteiger partial charge in [-0.05, 0) is 49.4 Å². The standard InChI is InChI=1S/C25H24N2O5/c1-10-7-12(27-6-5-26)18-21-16(10)15(32-4)8-11-17(21)22-19(23(18)30)13(28)9-14(29)20(22)24(31)25(11,2)3/h7-9,28,30-31H,5-6,26H2,1-4H3. The highest BCUT2D eigenvalue weighted by atomic mass is 16.5. The number of benzene rings is 4. The number of ether oxygens (including phenoxy) is 1. The Balaban J connectivity index is 2.31. The predicted molar refractivity (Wildman–Crippen MR) is 125 cm³/mol. The zero-order chi connectivity index (χ0) is 23.1. The summed E-state index contributed by atoms with van der Waals surface area (Å²) < 4.78 is 5.73. The molecular weight excluding hydrogens is 408 g/mol. The molecule has 0 aromatic heterocycles. The number of hydrogen-bond donors (Lipinski definition) is 4. The minimum atomic E-state index is -0.903. The van der Waals surface area contributed by atoms with E-state index in [-0.39, 0.29) is 27.9 Å². The molecule has 4 aromatic carbocycles. The first-order chi connectivity index (χ1) is 15.1. The molecule has 1 aliphatic rings. The van der Waals surface area contributed by atoms with Crippen molar-refractivity contribution in [1.82, 2.24) is 0 Å². The van der Waals surface area contributed by atoms with Gasteiger partial charge in [0.2, 0.25) is 0 Å². The molecule has 32 heavy (non-hydrogen) atoms. The number of nitrogens with two attached hydrogens (primary N) is 1. The Hall–Kier alpha value is -3.58. The van der Waals surface area contributed by atoms with Crippen LogP contribution >= 0.6 is 0 Å². The third kappa shape index (κ3) is 2.29. The molecule has 5 rings (SSSR count). The molecule has 0 bridgehead atoms. The third-order valence-electron chi connectivity index (χ3n) is 6.67.